The predicted molar refractivity (Wildman–Crippen MR) is 97.9 cm³/mol. The molecule has 2 spiro atoms. The second-order valence-electron chi connectivity index (χ2n) is 11.5. The van der Waals surface area contributed by atoms with Crippen molar-refractivity contribution in [2.24, 2.45) is 34.0 Å². The SMILES string of the molecule is C=C1C[C@]23CC4[C@H]5C67C[C@@H](OC(C)=O)C[C@@]5(C)CN4[C@H]6[C@@]2(O)C(O)[C@H]1[C@@H](O)[C@@H]73. The van der Waals surface area contributed by atoms with Crippen LogP contribution in [0.3, 0.4) is 0 Å². The predicted octanol–water partition coefficient (Wildman–Crippen LogP) is 0.450. The van der Waals surface area contributed by atoms with Gasteiger partial charge in [0, 0.05) is 48.2 Å². The molecule has 28 heavy (non-hydrogen) atoms. The molecule has 3 N–H and O–H groups in total. The third-order valence-electron chi connectivity index (χ3n) is 10.6. The van der Waals surface area contributed by atoms with E-state index in [-0.39, 0.29) is 34.9 Å². The molecule has 6 saturated carbocycles. The van der Waals surface area contributed by atoms with E-state index in [0.29, 0.717) is 24.8 Å². The van der Waals surface area contributed by atoms with Crippen molar-refractivity contribution in [2.45, 2.75) is 75.5 Å². The van der Waals surface area contributed by atoms with E-state index in [2.05, 4.69) is 18.4 Å². The molecule has 0 aromatic carbocycles. The summed E-state index contributed by atoms with van der Waals surface area (Å²) in [6, 6.07) is 0.245. The van der Waals surface area contributed by atoms with E-state index in [0.717, 1.165) is 25.0 Å². The molecule has 3 saturated heterocycles. The number of nitrogens with zero attached hydrogens (tertiary/aromatic N) is 1. The van der Waals surface area contributed by atoms with E-state index in [4.69, 9.17) is 4.74 Å². The van der Waals surface area contributed by atoms with Gasteiger partial charge in [0.15, 0.2) is 0 Å². The first-order valence-corrected chi connectivity index (χ1v) is 10.8. The van der Waals surface area contributed by atoms with Crippen molar-refractivity contribution in [3.8, 4) is 0 Å². The number of rotatable bonds is 1. The number of hydrogen-bond donors (Lipinski definition) is 3. The topological polar surface area (TPSA) is 90.2 Å². The lowest BCUT2D eigenvalue weighted by Gasteiger charge is -2.67. The van der Waals surface area contributed by atoms with Gasteiger partial charge in [0.2, 0.25) is 0 Å². The van der Waals surface area contributed by atoms with Gasteiger partial charge < -0.3 is 20.1 Å². The summed E-state index contributed by atoms with van der Waals surface area (Å²) in [4.78, 5) is 14.3. The van der Waals surface area contributed by atoms with Crippen molar-refractivity contribution in [2.75, 3.05) is 6.54 Å². The third-order valence-corrected chi connectivity index (χ3v) is 10.6. The molecule has 9 aliphatic rings. The van der Waals surface area contributed by atoms with Crippen molar-refractivity contribution < 1.29 is 24.9 Å². The number of esters is 1. The summed E-state index contributed by atoms with van der Waals surface area (Å²) in [5.41, 5.74) is -1.07. The van der Waals surface area contributed by atoms with E-state index >= 15 is 0 Å². The van der Waals surface area contributed by atoms with E-state index in [1.165, 1.54) is 6.92 Å². The fourth-order valence-electron chi connectivity index (χ4n) is 11.0. The number of fused-ring (bicyclic) bond motifs is 1. The summed E-state index contributed by atoms with van der Waals surface area (Å²) in [5, 5.41) is 35.1. The highest BCUT2D eigenvalue weighted by Gasteiger charge is 2.94. The molecule has 152 valence electrons. The first-order valence-electron chi connectivity index (χ1n) is 10.8. The van der Waals surface area contributed by atoms with Crippen LogP contribution < -0.4 is 0 Å². The van der Waals surface area contributed by atoms with Crippen molar-refractivity contribution in [3.63, 3.8) is 0 Å². The van der Waals surface area contributed by atoms with Crippen molar-refractivity contribution in [3.05, 3.63) is 12.2 Å². The molecule has 4 unspecified atom stereocenters. The Morgan fingerprint density at radius 1 is 1.25 bits per heavy atom. The highest BCUT2D eigenvalue weighted by molar-refractivity contribution is 5.66. The maximum absolute atomic E-state index is 12.2. The van der Waals surface area contributed by atoms with Crippen molar-refractivity contribution in [1.82, 2.24) is 4.90 Å². The molecule has 13 atom stereocenters. The van der Waals surface area contributed by atoms with Gasteiger partial charge in [-0.25, -0.2) is 0 Å². The Kier molecular flexibility index (Phi) is 2.55. The first kappa shape index (κ1) is 16.8. The fraction of sp³-hybridized carbons (Fsp3) is 0.864. The van der Waals surface area contributed by atoms with Crippen LogP contribution in [0.1, 0.15) is 39.5 Å². The minimum Gasteiger partial charge on any atom is -0.463 e. The number of hydrogen-bond acceptors (Lipinski definition) is 6. The Balaban J connectivity index is 1.49. The summed E-state index contributed by atoms with van der Waals surface area (Å²) in [6.45, 7) is 8.85. The highest BCUT2D eigenvalue weighted by atomic mass is 16.5. The minimum absolute atomic E-state index is 0.0237. The second-order valence-corrected chi connectivity index (χ2v) is 11.5. The van der Waals surface area contributed by atoms with E-state index in [1.807, 2.05) is 0 Å². The molecule has 0 aromatic heterocycles. The maximum atomic E-state index is 12.2. The highest BCUT2D eigenvalue weighted by Crippen LogP contribution is 2.88. The summed E-state index contributed by atoms with van der Waals surface area (Å²) in [5.74, 6) is -0.379. The molecule has 0 amide bonds. The molecule has 6 nitrogen and oxygen atoms in total. The molecule has 6 heteroatoms. The van der Waals surface area contributed by atoms with Gasteiger partial charge >= 0.3 is 5.97 Å². The van der Waals surface area contributed by atoms with Crippen molar-refractivity contribution >= 4 is 5.97 Å². The van der Waals surface area contributed by atoms with E-state index in [9.17, 15) is 20.1 Å². The standard InChI is InChI=1S/C22H29NO5/c1-9-4-20-7-12-15-19(3)5-11(28-10(2)24)6-21(15)16(20)14(25)13(9)17(26)22(20,27)18(21)23(12)8-19/h11-18,25-27H,1,4-8H2,2-3H3/t11-,12?,13+,14+,15+,16+,17?,18+,19-,20+,21?,22-/m0/s1. The van der Waals surface area contributed by atoms with Crippen LogP contribution >= 0.6 is 0 Å². The Labute approximate surface area is 164 Å². The zero-order valence-corrected chi connectivity index (χ0v) is 16.5. The average molecular weight is 387 g/mol. The normalized spacial score (nSPS) is 69.3. The molecular weight excluding hydrogens is 358 g/mol. The second kappa shape index (κ2) is 4.25. The Bertz CT molecular complexity index is 860. The van der Waals surface area contributed by atoms with Gasteiger partial charge in [-0.3, -0.25) is 9.69 Å². The lowest BCUT2D eigenvalue weighted by Crippen LogP contribution is -2.76. The van der Waals surface area contributed by atoms with Gasteiger partial charge in [-0.2, -0.15) is 0 Å². The van der Waals surface area contributed by atoms with Crippen LogP contribution in [0.5, 0.6) is 0 Å². The largest absolute Gasteiger partial charge is 0.463 e. The van der Waals surface area contributed by atoms with E-state index < -0.39 is 29.1 Å². The lowest BCUT2D eigenvalue weighted by atomic mass is 9.39. The molecular formula is C22H29NO5. The minimum atomic E-state index is -1.20. The third kappa shape index (κ3) is 1.26. The van der Waals surface area contributed by atoms with Gasteiger partial charge in [-0.1, -0.05) is 19.1 Å². The quantitative estimate of drug-likeness (QED) is 0.447. The Morgan fingerprint density at radius 3 is 2.71 bits per heavy atom. The molecule has 9 fully saturated rings. The van der Waals surface area contributed by atoms with Crippen LogP contribution in [0.2, 0.25) is 0 Å². The molecule has 6 aliphatic carbocycles. The molecule has 3 aliphatic heterocycles. The monoisotopic (exact) mass is 387 g/mol. The summed E-state index contributed by atoms with van der Waals surface area (Å²) >= 11 is 0. The van der Waals surface area contributed by atoms with Crippen LogP contribution in [0.4, 0.5) is 0 Å². The Morgan fingerprint density at radius 2 is 2.00 bits per heavy atom. The van der Waals surface area contributed by atoms with Crippen LogP contribution in [-0.4, -0.2) is 68.7 Å². The van der Waals surface area contributed by atoms with Crippen molar-refractivity contribution in [1.29, 1.82) is 0 Å². The Hall–Kier alpha value is -0.950. The zero-order chi connectivity index (χ0) is 19.6. The number of carbonyl (C=O) groups excluding carboxylic acids is 1. The summed E-state index contributed by atoms with van der Waals surface area (Å²) in [6.07, 6.45) is 1.27. The van der Waals surface area contributed by atoms with Gasteiger partial charge in [0.05, 0.1) is 12.2 Å². The molecule has 0 aromatic rings. The number of aliphatic hydroxyl groups excluding tert-OH is 2. The fourth-order valence-corrected chi connectivity index (χ4v) is 11.0. The number of carbonyl (C=O) groups is 1. The molecule has 3 heterocycles. The van der Waals surface area contributed by atoms with Crippen LogP contribution in [0.25, 0.3) is 0 Å². The lowest BCUT2D eigenvalue weighted by molar-refractivity contribution is -0.280. The molecule has 9 rings (SSSR count). The maximum Gasteiger partial charge on any atom is 0.302 e. The molecule has 0 radical (unpaired) electrons. The van der Waals surface area contributed by atoms with Gasteiger partial charge in [0.1, 0.15) is 11.7 Å². The van der Waals surface area contributed by atoms with E-state index in [1.54, 1.807) is 0 Å². The number of piperidine rings is 2. The number of ether oxygens (including phenoxy) is 1. The summed E-state index contributed by atoms with van der Waals surface area (Å²) in [7, 11) is 0. The first-order chi connectivity index (χ1) is 13.1. The van der Waals surface area contributed by atoms with Gasteiger partial charge in [-0.15, -0.1) is 0 Å². The van der Waals surface area contributed by atoms with Gasteiger partial charge in [0.25, 0.3) is 0 Å². The number of aliphatic hydroxyl groups is 3. The van der Waals surface area contributed by atoms with Crippen LogP contribution in [-0.2, 0) is 9.53 Å². The van der Waals surface area contributed by atoms with Gasteiger partial charge in [-0.05, 0) is 37.0 Å². The average Bonchev–Trinajstić information content (AvgIpc) is 2.97. The zero-order valence-electron chi connectivity index (χ0n) is 16.5. The smallest absolute Gasteiger partial charge is 0.302 e. The summed E-state index contributed by atoms with van der Waals surface area (Å²) < 4.78 is 5.75. The molecule has 9 bridgehead atoms. The van der Waals surface area contributed by atoms with Crippen LogP contribution in [0.15, 0.2) is 12.2 Å². The van der Waals surface area contributed by atoms with Crippen LogP contribution in [0, 0.1) is 34.0 Å².